The fourth-order valence-corrected chi connectivity index (χ4v) is 3.38. The maximum Gasteiger partial charge on any atom is 0.320 e. The molecule has 1 saturated heterocycles. The second-order valence-corrected chi connectivity index (χ2v) is 6.78. The zero-order valence-electron chi connectivity index (χ0n) is 15.6. The van der Waals surface area contributed by atoms with Crippen molar-refractivity contribution >= 4 is 28.4 Å². The standard InChI is InChI=1S/C20H22N6O2/c1-2-12-3-5-22-10-16(12)13-7-14-9-18(25-26-19(14)17(21)8-13)24-20(27)23-15-4-6-28-11-15/h3,5,7-10,15H,2,4,6,11,21H2,1H3,(H2,23,24,25,27)/t15-/m0/s1. The number of aromatic nitrogens is 3. The molecule has 4 N–H and O–H groups in total. The zero-order valence-corrected chi connectivity index (χ0v) is 15.6. The molecule has 1 aromatic carbocycles. The zero-order chi connectivity index (χ0) is 19.5. The smallest absolute Gasteiger partial charge is 0.320 e. The molecule has 1 fully saturated rings. The molecule has 8 nitrogen and oxygen atoms in total. The number of nitrogens with one attached hydrogen (secondary N) is 2. The van der Waals surface area contributed by atoms with Crippen molar-refractivity contribution in [3.8, 4) is 11.1 Å². The van der Waals surface area contributed by atoms with Gasteiger partial charge < -0.3 is 15.8 Å². The minimum atomic E-state index is -0.325. The number of hydrogen-bond donors (Lipinski definition) is 3. The Bertz CT molecular complexity index is 1020. The third-order valence-electron chi connectivity index (χ3n) is 4.83. The monoisotopic (exact) mass is 378 g/mol. The summed E-state index contributed by atoms with van der Waals surface area (Å²) in [7, 11) is 0. The summed E-state index contributed by atoms with van der Waals surface area (Å²) in [6.45, 7) is 3.29. The van der Waals surface area contributed by atoms with Crippen LogP contribution in [0.2, 0.25) is 0 Å². The van der Waals surface area contributed by atoms with E-state index in [-0.39, 0.29) is 12.1 Å². The van der Waals surface area contributed by atoms with Gasteiger partial charge in [-0.1, -0.05) is 6.92 Å². The number of amides is 2. The van der Waals surface area contributed by atoms with Gasteiger partial charge in [-0.2, -0.15) is 0 Å². The predicted octanol–water partition coefficient (Wildman–Crippen LogP) is 2.75. The Labute approximate surface area is 162 Å². The van der Waals surface area contributed by atoms with Crippen molar-refractivity contribution in [1.29, 1.82) is 0 Å². The molecule has 0 aliphatic carbocycles. The Kier molecular flexibility index (Phi) is 5.03. The summed E-state index contributed by atoms with van der Waals surface area (Å²) in [5, 5.41) is 14.7. The second-order valence-electron chi connectivity index (χ2n) is 6.78. The minimum Gasteiger partial charge on any atom is -0.397 e. The lowest BCUT2D eigenvalue weighted by Gasteiger charge is -2.12. The molecule has 2 amide bonds. The molecule has 0 radical (unpaired) electrons. The van der Waals surface area contributed by atoms with Crippen molar-refractivity contribution in [2.24, 2.45) is 0 Å². The number of nitrogens with two attached hydrogens (primary N) is 1. The third-order valence-corrected chi connectivity index (χ3v) is 4.83. The maximum atomic E-state index is 12.2. The number of fused-ring (bicyclic) bond motifs is 1. The molecule has 0 spiro atoms. The Balaban J connectivity index is 1.63. The van der Waals surface area contributed by atoms with Gasteiger partial charge in [0.2, 0.25) is 0 Å². The van der Waals surface area contributed by atoms with E-state index in [1.54, 1.807) is 12.3 Å². The second kappa shape index (κ2) is 7.77. The van der Waals surface area contributed by atoms with Crippen LogP contribution < -0.4 is 16.4 Å². The van der Waals surface area contributed by atoms with Crippen molar-refractivity contribution in [2.75, 3.05) is 24.3 Å². The quantitative estimate of drug-likeness (QED) is 0.601. The fraction of sp³-hybridized carbons (Fsp3) is 0.300. The molecular formula is C20H22N6O2. The van der Waals surface area contributed by atoms with Gasteiger partial charge in [0.15, 0.2) is 5.82 Å². The average Bonchev–Trinajstić information content (AvgIpc) is 3.20. The van der Waals surface area contributed by atoms with Crippen LogP contribution in [0.5, 0.6) is 0 Å². The van der Waals surface area contributed by atoms with Gasteiger partial charge in [0.05, 0.1) is 18.3 Å². The Morgan fingerprint density at radius 1 is 1.32 bits per heavy atom. The van der Waals surface area contributed by atoms with Crippen LogP contribution in [0.4, 0.5) is 16.3 Å². The summed E-state index contributed by atoms with van der Waals surface area (Å²) in [5.41, 5.74) is 10.5. The van der Waals surface area contributed by atoms with Crippen LogP contribution in [0.25, 0.3) is 22.0 Å². The molecule has 8 heteroatoms. The molecule has 0 saturated carbocycles. The molecule has 2 aromatic heterocycles. The summed E-state index contributed by atoms with van der Waals surface area (Å²) in [4.78, 5) is 16.4. The van der Waals surface area contributed by atoms with Crippen molar-refractivity contribution < 1.29 is 9.53 Å². The summed E-state index contributed by atoms with van der Waals surface area (Å²) in [6, 6.07) is 7.35. The molecular weight excluding hydrogens is 356 g/mol. The third kappa shape index (κ3) is 3.72. The highest BCUT2D eigenvalue weighted by Gasteiger charge is 2.18. The van der Waals surface area contributed by atoms with Crippen LogP contribution in [0.3, 0.4) is 0 Å². The molecule has 3 aromatic rings. The number of nitrogen functional groups attached to an aromatic ring is 1. The Hall–Kier alpha value is -3.26. The number of nitrogens with zero attached hydrogens (tertiary/aromatic N) is 3. The number of pyridine rings is 1. The molecule has 1 aliphatic rings. The van der Waals surface area contributed by atoms with Crippen molar-refractivity contribution in [3.63, 3.8) is 0 Å². The van der Waals surface area contributed by atoms with Crippen molar-refractivity contribution in [2.45, 2.75) is 25.8 Å². The lowest BCUT2D eigenvalue weighted by molar-refractivity contribution is 0.189. The van der Waals surface area contributed by atoms with Gasteiger partial charge in [0.1, 0.15) is 5.52 Å². The normalized spacial score (nSPS) is 16.2. The molecule has 1 aliphatic heterocycles. The van der Waals surface area contributed by atoms with Crippen molar-refractivity contribution in [3.05, 3.63) is 42.2 Å². The Morgan fingerprint density at radius 2 is 2.21 bits per heavy atom. The SMILES string of the molecule is CCc1ccncc1-c1cc(N)c2nnc(NC(=O)N[C@H]3CCOC3)cc2c1. The molecule has 144 valence electrons. The molecule has 3 heterocycles. The number of urea groups is 1. The van der Waals surface area contributed by atoms with E-state index in [0.29, 0.717) is 30.2 Å². The molecule has 4 rings (SSSR count). The molecule has 0 bridgehead atoms. The lowest BCUT2D eigenvalue weighted by atomic mass is 9.98. The summed E-state index contributed by atoms with van der Waals surface area (Å²) in [6.07, 6.45) is 5.32. The number of benzene rings is 1. The first kappa shape index (κ1) is 18.1. The van der Waals surface area contributed by atoms with E-state index in [2.05, 4.69) is 32.7 Å². The summed E-state index contributed by atoms with van der Waals surface area (Å²) < 4.78 is 5.26. The Morgan fingerprint density at radius 3 is 3.00 bits per heavy atom. The largest absolute Gasteiger partial charge is 0.397 e. The first-order valence-corrected chi connectivity index (χ1v) is 9.29. The predicted molar refractivity (Wildman–Crippen MR) is 108 cm³/mol. The fourth-order valence-electron chi connectivity index (χ4n) is 3.38. The van der Waals surface area contributed by atoms with Gasteiger partial charge in [0, 0.05) is 30.0 Å². The van der Waals surface area contributed by atoms with Crippen LogP contribution in [-0.4, -0.2) is 40.5 Å². The van der Waals surface area contributed by atoms with Crippen LogP contribution in [0.1, 0.15) is 18.9 Å². The van der Waals surface area contributed by atoms with Crippen LogP contribution in [0, 0.1) is 0 Å². The summed E-state index contributed by atoms with van der Waals surface area (Å²) in [5.74, 6) is 0.363. The lowest BCUT2D eigenvalue weighted by Crippen LogP contribution is -2.38. The first-order chi connectivity index (χ1) is 13.6. The van der Waals surface area contributed by atoms with E-state index in [0.717, 1.165) is 29.4 Å². The van der Waals surface area contributed by atoms with E-state index >= 15 is 0 Å². The van der Waals surface area contributed by atoms with E-state index in [9.17, 15) is 4.79 Å². The molecule has 28 heavy (non-hydrogen) atoms. The van der Waals surface area contributed by atoms with E-state index in [1.165, 1.54) is 5.56 Å². The van der Waals surface area contributed by atoms with Gasteiger partial charge in [-0.25, -0.2) is 4.79 Å². The number of ether oxygens (including phenoxy) is 1. The molecule has 0 unspecified atom stereocenters. The van der Waals surface area contributed by atoms with Crippen LogP contribution in [0.15, 0.2) is 36.7 Å². The van der Waals surface area contributed by atoms with E-state index in [1.807, 2.05) is 24.4 Å². The number of carbonyl (C=O) groups excluding carboxylic acids is 1. The first-order valence-electron chi connectivity index (χ1n) is 9.29. The highest BCUT2D eigenvalue weighted by molar-refractivity contribution is 5.96. The minimum absolute atomic E-state index is 0.0220. The number of carbonyl (C=O) groups is 1. The maximum absolute atomic E-state index is 12.2. The van der Waals surface area contributed by atoms with Gasteiger partial charge in [-0.3, -0.25) is 10.3 Å². The van der Waals surface area contributed by atoms with Crippen molar-refractivity contribution in [1.82, 2.24) is 20.5 Å². The molecule has 1 atom stereocenters. The number of rotatable bonds is 4. The van der Waals surface area contributed by atoms with Gasteiger partial charge in [0.25, 0.3) is 0 Å². The van der Waals surface area contributed by atoms with Crippen LogP contribution >= 0.6 is 0 Å². The van der Waals surface area contributed by atoms with Gasteiger partial charge >= 0.3 is 6.03 Å². The number of anilines is 2. The number of aryl methyl sites for hydroxylation is 1. The van der Waals surface area contributed by atoms with E-state index in [4.69, 9.17) is 10.5 Å². The van der Waals surface area contributed by atoms with E-state index < -0.39 is 0 Å². The highest BCUT2D eigenvalue weighted by atomic mass is 16.5. The van der Waals surface area contributed by atoms with Gasteiger partial charge in [-0.05, 0) is 48.2 Å². The summed E-state index contributed by atoms with van der Waals surface area (Å²) >= 11 is 0. The number of hydrogen-bond acceptors (Lipinski definition) is 6. The van der Waals surface area contributed by atoms with Gasteiger partial charge in [-0.15, -0.1) is 10.2 Å². The highest BCUT2D eigenvalue weighted by Crippen LogP contribution is 2.30. The average molecular weight is 378 g/mol. The van der Waals surface area contributed by atoms with Crippen LogP contribution in [-0.2, 0) is 11.2 Å². The topological polar surface area (TPSA) is 115 Å².